The average Bonchev–Trinajstić information content (AvgIpc) is 2.28. The standard InChI is InChI=1S/C14H13NO3/c15-11(6-9-4-2-1-3-5-9)14-12(17)7-10(16)8-13(14)18/h1-5,7-8,15-18H,6H2. The number of benzene rings is 2. The quantitative estimate of drug-likeness (QED) is 0.624. The third-order valence-corrected chi connectivity index (χ3v) is 2.61. The highest BCUT2D eigenvalue weighted by atomic mass is 16.3. The first kappa shape index (κ1) is 12.0. The van der Waals surface area contributed by atoms with Crippen LogP contribution < -0.4 is 0 Å². The highest BCUT2D eigenvalue weighted by Crippen LogP contribution is 2.32. The maximum atomic E-state index is 9.66. The van der Waals surface area contributed by atoms with Gasteiger partial charge in [0.05, 0.1) is 11.3 Å². The Hall–Kier alpha value is -2.49. The van der Waals surface area contributed by atoms with Crippen LogP contribution in [-0.4, -0.2) is 21.0 Å². The number of rotatable bonds is 3. The molecule has 18 heavy (non-hydrogen) atoms. The summed E-state index contributed by atoms with van der Waals surface area (Å²) in [5.74, 6) is -0.830. The van der Waals surface area contributed by atoms with Crippen LogP contribution in [-0.2, 0) is 6.42 Å². The van der Waals surface area contributed by atoms with Crippen molar-refractivity contribution in [3.8, 4) is 17.2 Å². The molecule has 0 heterocycles. The smallest absolute Gasteiger partial charge is 0.132 e. The van der Waals surface area contributed by atoms with E-state index in [0.29, 0.717) is 6.42 Å². The minimum Gasteiger partial charge on any atom is -0.508 e. The summed E-state index contributed by atoms with van der Waals surface area (Å²) in [5.41, 5.74) is 1.06. The Kier molecular flexibility index (Phi) is 3.19. The van der Waals surface area contributed by atoms with Gasteiger partial charge in [-0.2, -0.15) is 0 Å². The molecule has 0 bridgehead atoms. The molecule has 0 amide bonds. The van der Waals surface area contributed by atoms with Crippen molar-refractivity contribution in [3.05, 3.63) is 53.6 Å². The molecule has 0 unspecified atom stereocenters. The van der Waals surface area contributed by atoms with Crippen LogP contribution in [0.4, 0.5) is 0 Å². The van der Waals surface area contributed by atoms with Crippen LogP contribution in [0.5, 0.6) is 17.2 Å². The molecule has 0 aliphatic rings. The minimum absolute atomic E-state index is 0.0525. The number of phenols is 3. The molecule has 0 spiro atoms. The zero-order chi connectivity index (χ0) is 13.1. The second-order valence-corrected chi connectivity index (χ2v) is 4.00. The second kappa shape index (κ2) is 4.79. The zero-order valence-corrected chi connectivity index (χ0v) is 9.59. The van der Waals surface area contributed by atoms with Crippen molar-refractivity contribution < 1.29 is 15.3 Å². The van der Waals surface area contributed by atoms with E-state index in [9.17, 15) is 15.3 Å². The molecule has 0 atom stereocenters. The molecule has 4 nitrogen and oxygen atoms in total. The Bertz CT molecular complexity index is 556. The number of hydrogen-bond acceptors (Lipinski definition) is 4. The normalized spacial score (nSPS) is 10.2. The largest absolute Gasteiger partial charge is 0.508 e. The molecule has 0 aliphatic heterocycles. The van der Waals surface area contributed by atoms with Crippen molar-refractivity contribution in [2.75, 3.05) is 0 Å². The van der Waals surface area contributed by atoms with Crippen LogP contribution in [0.25, 0.3) is 0 Å². The van der Waals surface area contributed by atoms with Gasteiger partial charge in [0.1, 0.15) is 17.2 Å². The van der Waals surface area contributed by atoms with Crippen molar-refractivity contribution in [3.63, 3.8) is 0 Å². The van der Waals surface area contributed by atoms with E-state index in [1.165, 1.54) is 0 Å². The van der Waals surface area contributed by atoms with Crippen molar-refractivity contribution in [1.82, 2.24) is 0 Å². The lowest BCUT2D eigenvalue weighted by Gasteiger charge is -2.09. The molecule has 0 radical (unpaired) electrons. The van der Waals surface area contributed by atoms with E-state index in [0.717, 1.165) is 17.7 Å². The zero-order valence-electron chi connectivity index (χ0n) is 9.59. The molecular formula is C14H13NO3. The van der Waals surface area contributed by atoms with Crippen LogP contribution in [0.3, 0.4) is 0 Å². The lowest BCUT2D eigenvalue weighted by molar-refractivity contribution is 0.426. The summed E-state index contributed by atoms with van der Waals surface area (Å²) in [6, 6.07) is 11.5. The molecular weight excluding hydrogens is 230 g/mol. The van der Waals surface area contributed by atoms with Gasteiger partial charge < -0.3 is 20.7 Å². The molecule has 0 aliphatic carbocycles. The topological polar surface area (TPSA) is 84.5 Å². The average molecular weight is 243 g/mol. The van der Waals surface area contributed by atoms with E-state index in [1.807, 2.05) is 30.3 Å². The molecule has 0 fully saturated rings. The maximum absolute atomic E-state index is 9.66. The molecule has 0 aromatic heterocycles. The third-order valence-electron chi connectivity index (χ3n) is 2.61. The third kappa shape index (κ3) is 2.43. The van der Waals surface area contributed by atoms with Crippen LogP contribution in [0.1, 0.15) is 11.1 Å². The lowest BCUT2D eigenvalue weighted by Crippen LogP contribution is -2.04. The van der Waals surface area contributed by atoms with Gasteiger partial charge in [0.2, 0.25) is 0 Å². The molecule has 0 saturated carbocycles. The van der Waals surface area contributed by atoms with Gasteiger partial charge in [-0.25, -0.2) is 0 Å². The van der Waals surface area contributed by atoms with Crippen LogP contribution in [0.2, 0.25) is 0 Å². The second-order valence-electron chi connectivity index (χ2n) is 4.00. The number of nitrogens with one attached hydrogen (secondary N) is 1. The summed E-state index contributed by atoms with van der Waals surface area (Å²) in [6.07, 6.45) is 0.298. The van der Waals surface area contributed by atoms with Gasteiger partial charge in [-0.15, -0.1) is 0 Å². The first-order chi connectivity index (χ1) is 8.58. The molecule has 92 valence electrons. The van der Waals surface area contributed by atoms with Crippen molar-refractivity contribution in [2.24, 2.45) is 0 Å². The van der Waals surface area contributed by atoms with Crippen LogP contribution in [0, 0.1) is 5.41 Å². The van der Waals surface area contributed by atoms with E-state index in [4.69, 9.17) is 5.41 Å². The fraction of sp³-hybridized carbons (Fsp3) is 0.0714. The summed E-state index contributed by atoms with van der Waals surface area (Å²) < 4.78 is 0. The van der Waals surface area contributed by atoms with Crippen molar-refractivity contribution in [1.29, 1.82) is 5.41 Å². The van der Waals surface area contributed by atoms with E-state index in [-0.39, 0.29) is 28.5 Å². The van der Waals surface area contributed by atoms with Gasteiger partial charge in [0, 0.05) is 18.6 Å². The van der Waals surface area contributed by atoms with E-state index in [1.54, 1.807) is 0 Å². The highest BCUT2D eigenvalue weighted by molar-refractivity contribution is 6.04. The van der Waals surface area contributed by atoms with E-state index in [2.05, 4.69) is 0 Å². The first-order valence-corrected chi connectivity index (χ1v) is 5.44. The predicted molar refractivity (Wildman–Crippen MR) is 68.4 cm³/mol. The van der Waals surface area contributed by atoms with Gasteiger partial charge >= 0.3 is 0 Å². The van der Waals surface area contributed by atoms with Gasteiger partial charge in [-0.3, -0.25) is 0 Å². The highest BCUT2D eigenvalue weighted by Gasteiger charge is 2.14. The number of aromatic hydroxyl groups is 3. The summed E-state index contributed by atoms with van der Waals surface area (Å²) in [6.45, 7) is 0. The minimum atomic E-state index is -0.298. The Morgan fingerprint density at radius 2 is 1.50 bits per heavy atom. The Labute approximate surface area is 104 Å². The summed E-state index contributed by atoms with van der Waals surface area (Å²) in [4.78, 5) is 0. The summed E-state index contributed by atoms with van der Waals surface area (Å²) in [5, 5.41) is 36.4. The lowest BCUT2D eigenvalue weighted by atomic mass is 10.0. The SMILES string of the molecule is N=C(Cc1ccccc1)c1c(O)cc(O)cc1O. The van der Waals surface area contributed by atoms with Gasteiger partial charge in [-0.1, -0.05) is 30.3 Å². The van der Waals surface area contributed by atoms with Gasteiger partial charge in [0.25, 0.3) is 0 Å². The van der Waals surface area contributed by atoms with Crippen molar-refractivity contribution >= 4 is 5.71 Å². The fourth-order valence-electron chi connectivity index (χ4n) is 1.79. The van der Waals surface area contributed by atoms with Crippen molar-refractivity contribution in [2.45, 2.75) is 6.42 Å². The van der Waals surface area contributed by atoms with E-state index >= 15 is 0 Å². The maximum Gasteiger partial charge on any atom is 0.132 e. The molecule has 2 aromatic rings. The first-order valence-electron chi connectivity index (χ1n) is 5.44. The number of hydrogen-bond donors (Lipinski definition) is 4. The summed E-state index contributed by atoms with van der Waals surface area (Å²) >= 11 is 0. The fourth-order valence-corrected chi connectivity index (χ4v) is 1.79. The number of phenolic OH excluding ortho intramolecular Hbond substituents is 3. The van der Waals surface area contributed by atoms with Crippen LogP contribution >= 0.6 is 0 Å². The van der Waals surface area contributed by atoms with E-state index < -0.39 is 0 Å². The van der Waals surface area contributed by atoms with Gasteiger partial charge in [-0.05, 0) is 5.56 Å². The molecule has 4 heteroatoms. The van der Waals surface area contributed by atoms with Gasteiger partial charge in [0.15, 0.2) is 0 Å². The van der Waals surface area contributed by atoms with Crippen LogP contribution in [0.15, 0.2) is 42.5 Å². The monoisotopic (exact) mass is 243 g/mol. The Morgan fingerprint density at radius 3 is 2.06 bits per heavy atom. The Balaban J connectivity index is 2.30. The summed E-state index contributed by atoms with van der Waals surface area (Å²) in [7, 11) is 0. The molecule has 2 aromatic carbocycles. The predicted octanol–water partition coefficient (Wildman–Crippen LogP) is 2.41. The molecule has 0 saturated heterocycles. The Morgan fingerprint density at radius 1 is 0.944 bits per heavy atom. The molecule has 2 rings (SSSR count). The molecule has 4 N–H and O–H groups in total.